The van der Waals surface area contributed by atoms with Crippen LogP contribution in [0.25, 0.3) is 0 Å². The molecular formula is C15H26O8P2. The molecule has 144 valence electrons. The van der Waals surface area contributed by atoms with Gasteiger partial charge in [0, 0.05) is 11.1 Å². The van der Waals surface area contributed by atoms with E-state index in [-0.39, 0.29) is 11.5 Å². The quantitative estimate of drug-likeness (QED) is 0.331. The summed E-state index contributed by atoms with van der Waals surface area (Å²) < 4.78 is 32.3. The number of hydrogen-bond donors (Lipinski definition) is 4. The maximum atomic E-state index is 12.3. The summed E-state index contributed by atoms with van der Waals surface area (Å²) in [7, 11) is -9.25. The normalized spacial score (nSPS) is 15.7. The van der Waals surface area contributed by atoms with Crippen molar-refractivity contribution in [2.24, 2.45) is 0 Å². The van der Waals surface area contributed by atoms with Crippen molar-refractivity contribution in [3.8, 4) is 11.5 Å². The van der Waals surface area contributed by atoms with Crippen LogP contribution in [0.3, 0.4) is 0 Å². The second-order valence-electron chi connectivity index (χ2n) is 7.96. The van der Waals surface area contributed by atoms with E-state index in [4.69, 9.17) is 19.6 Å². The van der Waals surface area contributed by atoms with Crippen LogP contribution in [0.2, 0.25) is 0 Å². The zero-order valence-electron chi connectivity index (χ0n) is 15.2. The third-order valence-corrected chi connectivity index (χ3v) is 7.02. The van der Waals surface area contributed by atoms with Gasteiger partial charge in [-0.05, 0) is 23.0 Å². The summed E-state index contributed by atoms with van der Waals surface area (Å²) in [6.07, 6.45) is 0. The van der Waals surface area contributed by atoms with E-state index in [0.717, 1.165) is 0 Å². The highest BCUT2D eigenvalue weighted by molar-refractivity contribution is 7.70. The van der Waals surface area contributed by atoms with E-state index in [0.29, 0.717) is 11.1 Å². The van der Waals surface area contributed by atoms with Crippen molar-refractivity contribution in [1.82, 2.24) is 0 Å². The Morgan fingerprint density at radius 1 is 0.960 bits per heavy atom. The Bertz CT molecular complexity index is 689. The van der Waals surface area contributed by atoms with Crippen molar-refractivity contribution in [2.75, 3.05) is 5.90 Å². The Balaban J connectivity index is 3.51. The highest BCUT2D eigenvalue weighted by Gasteiger charge is 2.37. The monoisotopic (exact) mass is 396 g/mol. The molecule has 1 rings (SSSR count). The molecule has 1 unspecified atom stereocenters. The van der Waals surface area contributed by atoms with E-state index in [1.54, 1.807) is 0 Å². The number of benzene rings is 1. The Kier molecular flexibility index (Phi) is 6.23. The van der Waals surface area contributed by atoms with Crippen LogP contribution in [-0.4, -0.2) is 26.1 Å². The summed E-state index contributed by atoms with van der Waals surface area (Å²) in [5.74, 6) is -1.24. The maximum absolute atomic E-state index is 12.3. The smallest absolute Gasteiger partial charge is 0.417 e. The molecule has 0 fully saturated rings. The third-order valence-electron chi connectivity index (χ3n) is 3.43. The van der Waals surface area contributed by atoms with Crippen LogP contribution in [0.5, 0.6) is 11.5 Å². The second-order valence-corrected chi connectivity index (χ2v) is 12.0. The molecule has 0 amide bonds. The first kappa shape index (κ1) is 22.2. The van der Waals surface area contributed by atoms with Crippen molar-refractivity contribution < 1.29 is 38.5 Å². The molecule has 1 atom stereocenters. The molecule has 1 aromatic carbocycles. The van der Waals surface area contributed by atoms with Crippen molar-refractivity contribution >= 4 is 15.2 Å². The number of hydrogen-bond acceptors (Lipinski definition) is 6. The molecule has 0 aliphatic rings. The first-order chi connectivity index (χ1) is 11.0. The summed E-state index contributed by atoms with van der Waals surface area (Å²) >= 11 is 0. The van der Waals surface area contributed by atoms with E-state index < -0.39 is 31.9 Å². The lowest BCUT2D eigenvalue weighted by Gasteiger charge is -2.28. The zero-order chi connectivity index (χ0) is 19.8. The van der Waals surface area contributed by atoms with Gasteiger partial charge in [0.1, 0.15) is 11.5 Å². The summed E-state index contributed by atoms with van der Waals surface area (Å²) in [6, 6.07) is 2.83. The molecule has 25 heavy (non-hydrogen) atoms. The summed E-state index contributed by atoms with van der Waals surface area (Å²) in [5, 5.41) is 19.4. The number of rotatable bonds is 5. The van der Waals surface area contributed by atoms with E-state index >= 15 is 0 Å². The predicted octanol–water partition coefficient (Wildman–Crippen LogP) is 4.18. The molecule has 10 heteroatoms. The molecule has 0 spiro atoms. The zero-order valence-corrected chi connectivity index (χ0v) is 17.0. The van der Waals surface area contributed by atoms with Gasteiger partial charge in [0.25, 0.3) is 0 Å². The molecular weight excluding hydrogens is 370 g/mol. The van der Waals surface area contributed by atoms with Crippen molar-refractivity contribution in [1.29, 1.82) is 0 Å². The van der Waals surface area contributed by atoms with Gasteiger partial charge in [-0.2, -0.15) is 0 Å². The summed E-state index contributed by atoms with van der Waals surface area (Å²) in [4.78, 5) is 18.0. The van der Waals surface area contributed by atoms with Crippen LogP contribution < -0.4 is 4.52 Å². The van der Waals surface area contributed by atoms with Gasteiger partial charge in [-0.25, -0.2) is 9.82 Å². The number of phenols is 1. The van der Waals surface area contributed by atoms with Crippen LogP contribution in [-0.2, 0) is 24.6 Å². The van der Waals surface area contributed by atoms with E-state index in [2.05, 4.69) is 4.67 Å². The van der Waals surface area contributed by atoms with E-state index in [9.17, 15) is 14.2 Å². The largest absolute Gasteiger partial charge is 0.507 e. The lowest BCUT2D eigenvalue weighted by atomic mass is 9.79. The topological polar surface area (TPSA) is 134 Å². The fraction of sp³-hybridized carbons (Fsp3) is 0.600. The average Bonchev–Trinajstić information content (AvgIpc) is 2.35. The van der Waals surface area contributed by atoms with Gasteiger partial charge in [0.05, 0.1) is 0 Å². The number of aromatic hydroxyl groups is 1. The molecule has 4 N–H and O–H groups in total. The van der Waals surface area contributed by atoms with E-state index in [1.807, 2.05) is 41.5 Å². The van der Waals surface area contributed by atoms with Gasteiger partial charge in [-0.15, -0.1) is 4.67 Å². The van der Waals surface area contributed by atoms with Crippen molar-refractivity contribution in [3.05, 3.63) is 23.3 Å². The lowest BCUT2D eigenvalue weighted by molar-refractivity contribution is -0.143. The minimum Gasteiger partial charge on any atom is -0.507 e. The first-order valence-electron chi connectivity index (χ1n) is 7.53. The minimum atomic E-state index is -4.76. The van der Waals surface area contributed by atoms with Gasteiger partial charge >= 0.3 is 15.2 Å². The molecule has 0 aliphatic carbocycles. The fourth-order valence-corrected chi connectivity index (χ4v) is 4.96. The molecule has 0 aromatic heterocycles. The standard InChI is InChI=1S/C15H26O8P2/c1-14(2,3)11-7-10(8-12(13(11)16)15(4,5)6)22-25(21,23-17)9-24(18,19)20/h7-8,16-17H,9H2,1-6H3,(H2,18,19,20). The molecule has 8 nitrogen and oxygen atoms in total. The molecule has 0 saturated heterocycles. The van der Waals surface area contributed by atoms with Crippen LogP contribution >= 0.6 is 15.2 Å². The van der Waals surface area contributed by atoms with Gasteiger partial charge in [0.15, 0.2) is 5.90 Å². The Labute approximate surface area is 147 Å². The van der Waals surface area contributed by atoms with Crippen molar-refractivity contribution in [3.63, 3.8) is 0 Å². The number of phenolic OH excluding ortho intramolecular Hbond substituents is 1. The predicted molar refractivity (Wildman–Crippen MR) is 94.4 cm³/mol. The minimum absolute atomic E-state index is 0.0292. The Hall–Kier alpha value is -0.880. The molecule has 0 bridgehead atoms. The first-order valence-corrected chi connectivity index (χ1v) is 11.1. The van der Waals surface area contributed by atoms with Crippen LogP contribution in [0.15, 0.2) is 12.1 Å². The Morgan fingerprint density at radius 3 is 1.64 bits per heavy atom. The fourth-order valence-electron chi connectivity index (χ4n) is 2.26. The van der Waals surface area contributed by atoms with Gasteiger partial charge in [-0.1, -0.05) is 41.5 Å². The van der Waals surface area contributed by atoms with Gasteiger partial charge in [0.2, 0.25) is 0 Å². The second kappa shape index (κ2) is 7.03. The average molecular weight is 396 g/mol. The lowest BCUT2D eigenvalue weighted by Crippen LogP contribution is -2.17. The molecule has 0 radical (unpaired) electrons. The molecule has 0 saturated carbocycles. The molecule has 1 aromatic rings. The SMILES string of the molecule is CC(C)(C)c1cc(OP(=O)(CP(=O)(O)O)OO)cc(C(C)(C)C)c1O. The highest BCUT2D eigenvalue weighted by Crippen LogP contribution is 2.58. The maximum Gasteiger partial charge on any atom is 0.417 e. The summed E-state index contributed by atoms with van der Waals surface area (Å²) in [6.45, 7) is 11.1. The van der Waals surface area contributed by atoms with Crippen LogP contribution in [0.4, 0.5) is 0 Å². The molecule has 0 aliphatic heterocycles. The van der Waals surface area contributed by atoms with Crippen LogP contribution in [0, 0.1) is 0 Å². The van der Waals surface area contributed by atoms with Crippen molar-refractivity contribution in [2.45, 2.75) is 52.4 Å². The van der Waals surface area contributed by atoms with Gasteiger partial charge in [-0.3, -0.25) is 4.57 Å². The van der Waals surface area contributed by atoms with E-state index in [1.165, 1.54) is 12.1 Å². The Morgan fingerprint density at radius 2 is 1.36 bits per heavy atom. The summed E-state index contributed by atoms with van der Waals surface area (Å²) in [5.41, 5.74) is 0.0132. The third kappa shape index (κ3) is 6.10. The molecule has 0 heterocycles. The highest BCUT2D eigenvalue weighted by atomic mass is 31.2. The van der Waals surface area contributed by atoms with Crippen LogP contribution in [0.1, 0.15) is 52.7 Å². The van der Waals surface area contributed by atoms with Gasteiger partial charge < -0.3 is 19.4 Å².